The third-order valence-electron chi connectivity index (χ3n) is 2.85. The SMILES string of the molecule is CCCCC(c1cc(Br)c(O)c([N+](=O)[O-])c1)S(C)=O. The monoisotopic (exact) mass is 349 g/mol. The number of phenolic OH excluding ortho intramolecular Hbond substituents is 1. The normalized spacial score (nSPS) is 14.1. The Morgan fingerprint density at radius 3 is 2.63 bits per heavy atom. The van der Waals surface area contributed by atoms with Crippen LogP contribution in [0.2, 0.25) is 0 Å². The maximum Gasteiger partial charge on any atom is 0.312 e. The molecule has 0 amide bonds. The Kier molecular flexibility index (Phi) is 5.93. The van der Waals surface area contributed by atoms with Gasteiger partial charge < -0.3 is 5.11 Å². The number of unbranched alkanes of at least 4 members (excludes halogenated alkanes) is 1. The Balaban J connectivity index is 3.24. The molecule has 0 heterocycles. The van der Waals surface area contributed by atoms with E-state index >= 15 is 0 Å². The molecule has 0 saturated heterocycles. The summed E-state index contributed by atoms with van der Waals surface area (Å²) in [5.41, 5.74) is 0.252. The third kappa shape index (κ3) is 4.01. The highest BCUT2D eigenvalue weighted by molar-refractivity contribution is 9.10. The van der Waals surface area contributed by atoms with E-state index in [0.29, 0.717) is 12.0 Å². The van der Waals surface area contributed by atoms with Crippen molar-refractivity contribution in [3.05, 3.63) is 32.3 Å². The van der Waals surface area contributed by atoms with Crippen LogP contribution in [0.25, 0.3) is 0 Å². The van der Waals surface area contributed by atoms with Crippen molar-refractivity contribution in [1.29, 1.82) is 0 Å². The lowest BCUT2D eigenvalue weighted by atomic mass is 10.1. The molecule has 19 heavy (non-hydrogen) atoms. The van der Waals surface area contributed by atoms with Crippen LogP contribution in [0.5, 0.6) is 5.75 Å². The molecule has 106 valence electrons. The molecule has 7 heteroatoms. The van der Waals surface area contributed by atoms with E-state index < -0.39 is 21.5 Å². The Hall–Kier alpha value is -0.950. The molecule has 1 aromatic carbocycles. The summed E-state index contributed by atoms with van der Waals surface area (Å²) in [4.78, 5) is 10.2. The maximum absolute atomic E-state index is 11.8. The highest BCUT2D eigenvalue weighted by Gasteiger charge is 2.23. The second-order valence-corrected chi connectivity index (χ2v) is 6.68. The van der Waals surface area contributed by atoms with E-state index in [2.05, 4.69) is 15.9 Å². The van der Waals surface area contributed by atoms with Gasteiger partial charge in [0.1, 0.15) is 0 Å². The Morgan fingerprint density at radius 2 is 2.16 bits per heavy atom. The van der Waals surface area contributed by atoms with Crippen LogP contribution < -0.4 is 0 Å². The highest BCUT2D eigenvalue weighted by atomic mass is 79.9. The number of hydrogen-bond donors (Lipinski definition) is 1. The Morgan fingerprint density at radius 1 is 1.53 bits per heavy atom. The lowest BCUT2D eigenvalue weighted by molar-refractivity contribution is -0.386. The van der Waals surface area contributed by atoms with Crippen molar-refractivity contribution in [1.82, 2.24) is 0 Å². The predicted molar refractivity (Wildman–Crippen MR) is 78.8 cm³/mol. The van der Waals surface area contributed by atoms with Gasteiger partial charge in [0.05, 0.1) is 14.6 Å². The van der Waals surface area contributed by atoms with Gasteiger partial charge in [-0.3, -0.25) is 14.3 Å². The molecule has 1 rings (SSSR count). The van der Waals surface area contributed by atoms with Crippen LogP contribution in [0, 0.1) is 10.1 Å². The van der Waals surface area contributed by atoms with E-state index in [9.17, 15) is 19.4 Å². The van der Waals surface area contributed by atoms with Gasteiger partial charge >= 0.3 is 5.69 Å². The summed E-state index contributed by atoms with van der Waals surface area (Å²) >= 11 is 3.10. The lowest BCUT2D eigenvalue weighted by Crippen LogP contribution is -2.06. The fourth-order valence-corrected chi connectivity index (χ4v) is 3.33. The second-order valence-electron chi connectivity index (χ2n) is 4.26. The topological polar surface area (TPSA) is 80.4 Å². The minimum absolute atomic E-state index is 0.253. The zero-order valence-corrected chi connectivity index (χ0v) is 13.2. The van der Waals surface area contributed by atoms with Gasteiger partial charge in [-0.2, -0.15) is 0 Å². The molecule has 2 unspecified atom stereocenters. The first-order valence-electron chi connectivity index (χ1n) is 5.87. The van der Waals surface area contributed by atoms with Crippen LogP contribution in [-0.2, 0) is 10.8 Å². The zero-order valence-electron chi connectivity index (χ0n) is 10.8. The second kappa shape index (κ2) is 7.00. The van der Waals surface area contributed by atoms with Gasteiger partial charge in [0.25, 0.3) is 0 Å². The first-order chi connectivity index (χ1) is 8.88. The molecule has 0 saturated carbocycles. The first kappa shape index (κ1) is 16.1. The summed E-state index contributed by atoms with van der Waals surface area (Å²) in [5.74, 6) is -0.398. The molecule has 0 aliphatic heterocycles. The van der Waals surface area contributed by atoms with Gasteiger partial charge in [-0.1, -0.05) is 19.8 Å². The smallest absolute Gasteiger partial charge is 0.312 e. The average molecular weight is 350 g/mol. The van der Waals surface area contributed by atoms with Crippen LogP contribution in [-0.4, -0.2) is 20.5 Å². The minimum atomic E-state index is -1.12. The third-order valence-corrected chi connectivity index (χ3v) is 4.77. The van der Waals surface area contributed by atoms with Crippen molar-refractivity contribution in [3.63, 3.8) is 0 Å². The standard InChI is InChI=1S/C12H16BrNO4S/c1-3-4-5-11(19(2)18)8-6-9(13)12(15)10(7-8)14(16)17/h6-7,11,15H,3-5H2,1-2H3. The molecule has 0 aromatic heterocycles. The molecule has 0 bridgehead atoms. The van der Waals surface area contributed by atoms with E-state index in [0.717, 1.165) is 12.8 Å². The number of phenols is 1. The van der Waals surface area contributed by atoms with Crippen LogP contribution in [0.3, 0.4) is 0 Å². The quantitative estimate of drug-likeness (QED) is 0.627. The summed E-state index contributed by atoms with van der Waals surface area (Å²) in [5, 5.41) is 20.3. The summed E-state index contributed by atoms with van der Waals surface area (Å²) in [6.07, 6.45) is 4.16. The fourth-order valence-electron chi connectivity index (χ4n) is 1.84. The molecule has 0 aliphatic carbocycles. The molecule has 0 radical (unpaired) electrons. The van der Waals surface area contributed by atoms with Gasteiger partial charge in [0.15, 0.2) is 0 Å². The van der Waals surface area contributed by atoms with E-state index in [4.69, 9.17) is 0 Å². The first-order valence-corrected chi connectivity index (χ1v) is 8.28. The molecular weight excluding hydrogens is 334 g/mol. The van der Waals surface area contributed by atoms with Crippen molar-refractivity contribution < 1.29 is 14.2 Å². The largest absolute Gasteiger partial charge is 0.501 e. The molecule has 0 aliphatic rings. The van der Waals surface area contributed by atoms with Crippen LogP contribution in [0.4, 0.5) is 5.69 Å². The molecule has 2 atom stereocenters. The maximum atomic E-state index is 11.8. The van der Waals surface area contributed by atoms with Gasteiger partial charge in [-0.15, -0.1) is 0 Å². The zero-order chi connectivity index (χ0) is 14.6. The Labute approximate surface area is 122 Å². The van der Waals surface area contributed by atoms with Crippen molar-refractivity contribution in [2.75, 3.05) is 6.26 Å². The average Bonchev–Trinajstić information content (AvgIpc) is 2.32. The van der Waals surface area contributed by atoms with Crippen molar-refractivity contribution >= 4 is 32.4 Å². The number of nitro groups is 1. The number of hydrogen-bond acceptors (Lipinski definition) is 4. The molecule has 1 N–H and O–H groups in total. The number of nitrogens with zero attached hydrogens (tertiary/aromatic N) is 1. The van der Waals surface area contributed by atoms with Gasteiger partial charge in [0.2, 0.25) is 5.75 Å². The number of nitro benzene ring substituents is 1. The van der Waals surface area contributed by atoms with Gasteiger partial charge in [0, 0.05) is 23.1 Å². The van der Waals surface area contributed by atoms with Crippen LogP contribution in [0.1, 0.15) is 37.0 Å². The number of halogens is 1. The summed E-state index contributed by atoms with van der Waals surface area (Å²) in [6, 6.07) is 2.91. The fraction of sp³-hybridized carbons (Fsp3) is 0.500. The molecule has 5 nitrogen and oxygen atoms in total. The Bertz CT molecular complexity index is 507. The van der Waals surface area contributed by atoms with E-state index in [1.807, 2.05) is 6.92 Å². The number of aromatic hydroxyl groups is 1. The van der Waals surface area contributed by atoms with Crippen molar-refractivity contribution in [2.24, 2.45) is 0 Å². The van der Waals surface area contributed by atoms with E-state index in [1.165, 1.54) is 6.07 Å². The summed E-state index contributed by atoms with van der Waals surface area (Å²) in [7, 11) is -1.12. The molecule has 1 aromatic rings. The predicted octanol–water partition coefficient (Wildman–Crippen LogP) is 3.67. The van der Waals surface area contributed by atoms with Gasteiger partial charge in [-0.25, -0.2) is 0 Å². The van der Waals surface area contributed by atoms with Crippen molar-refractivity contribution in [3.8, 4) is 5.75 Å². The van der Waals surface area contributed by atoms with Crippen molar-refractivity contribution in [2.45, 2.75) is 31.4 Å². The molecular formula is C12H16BrNO4S. The lowest BCUT2D eigenvalue weighted by Gasteiger charge is -2.15. The minimum Gasteiger partial charge on any atom is -0.501 e. The summed E-state index contributed by atoms with van der Waals surface area (Å²) in [6.45, 7) is 2.03. The van der Waals surface area contributed by atoms with E-state index in [1.54, 1.807) is 12.3 Å². The molecule has 0 spiro atoms. The van der Waals surface area contributed by atoms with E-state index in [-0.39, 0.29) is 15.4 Å². The van der Waals surface area contributed by atoms with Crippen LogP contribution in [0.15, 0.2) is 16.6 Å². The number of rotatable bonds is 6. The molecule has 0 fully saturated rings. The van der Waals surface area contributed by atoms with Crippen LogP contribution >= 0.6 is 15.9 Å². The summed E-state index contributed by atoms with van der Waals surface area (Å²) < 4.78 is 12.0. The highest BCUT2D eigenvalue weighted by Crippen LogP contribution is 2.38. The number of benzene rings is 1. The van der Waals surface area contributed by atoms with Gasteiger partial charge in [-0.05, 0) is 34.0 Å².